The van der Waals surface area contributed by atoms with E-state index in [0.29, 0.717) is 6.54 Å². The van der Waals surface area contributed by atoms with Crippen molar-refractivity contribution in [3.8, 4) is 0 Å². The number of carbonyl (C=O) groups excluding carboxylic acids is 1. The molecule has 0 spiro atoms. The van der Waals surface area contributed by atoms with Gasteiger partial charge >= 0.3 is 0 Å². The number of hydrogen-bond acceptors (Lipinski definition) is 3. The molecule has 2 rings (SSSR count). The lowest BCUT2D eigenvalue weighted by Gasteiger charge is -2.12. The van der Waals surface area contributed by atoms with Crippen LogP contribution in [0.5, 0.6) is 0 Å². The molecule has 2 fully saturated rings. The van der Waals surface area contributed by atoms with Crippen LogP contribution in [0.3, 0.4) is 0 Å². The second kappa shape index (κ2) is 5.64. The summed E-state index contributed by atoms with van der Waals surface area (Å²) < 4.78 is 5.53. The van der Waals surface area contributed by atoms with Crippen molar-refractivity contribution in [2.24, 2.45) is 11.7 Å². The first kappa shape index (κ1) is 11.9. The lowest BCUT2D eigenvalue weighted by molar-refractivity contribution is -0.131. The van der Waals surface area contributed by atoms with E-state index < -0.39 is 0 Å². The molecule has 2 aliphatic rings. The van der Waals surface area contributed by atoms with E-state index in [1.807, 2.05) is 0 Å². The van der Waals surface area contributed by atoms with Gasteiger partial charge in [0, 0.05) is 13.1 Å². The minimum atomic E-state index is -0.255. The van der Waals surface area contributed by atoms with Crippen molar-refractivity contribution in [3.05, 3.63) is 0 Å². The molecule has 3 N–H and O–H groups in total. The molecule has 0 radical (unpaired) electrons. The van der Waals surface area contributed by atoms with E-state index in [1.54, 1.807) is 0 Å². The molecule has 0 aromatic heterocycles. The summed E-state index contributed by atoms with van der Waals surface area (Å²) >= 11 is 0. The Morgan fingerprint density at radius 2 is 2.12 bits per heavy atom. The average molecular weight is 226 g/mol. The van der Waals surface area contributed by atoms with Gasteiger partial charge < -0.3 is 15.8 Å². The molecule has 0 bridgehead atoms. The van der Waals surface area contributed by atoms with Crippen LogP contribution in [-0.2, 0) is 9.53 Å². The second-order valence-corrected chi connectivity index (χ2v) is 4.94. The number of ether oxygens (including phenoxy) is 1. The second-order valence-electron chi connectivity index (χ2n) is 4.94. The molecule has 1 saturated heterocycles. The van der Waals surface area contributed by atoms with E-state index in [4.69, 9.17) is 10.5 Å². The Morgan fingerprint density at radius 1 is 1.31 bits per heavy atom. The molecule has 1 heterocycles. The van der Waals surface area contributed by atoms with Crippen LogP contribution < -0.4 is 11.1 Å². The van der Waals surface area contributed by atoms with Crippen LogP contribution in [0.2, 0.25) is 0 Å². The lowest BCUT2D eigenvalue weighted by Crippen LogP contribution is -2.36. The standard InChI is InChI=1S/C12H22N2O2/c13-8-10-5-6-11(16-10)12(15)14-7-1-2-9-3-4-9/h9-11H,1-8,13H2,(H,14,15). The highest BCUT2D eigenvalue weighted by Crippen LogP contribution is 2.33. The molecule has 1 aliphatic heterocycles. The van der Waals surface area contributed by atoms with Crippen LogP contribution >= 0.6 is 0 Å². The van der Waals surface area contributed by atoms with Gasteiger partial charge in [0.2, 0.25) is 5.91 Å². The molecule has 4 nitrogen and oxygen atoms in total. The molecule has 0 aromatic carbocycles. The maximum Gasteiger partial charge on any atom is 0.249 e. The zero-order valence-electron chi connectivity index (χ0n) is 9.78. The summed E-state index contributed by atoms with van der Waals surface area (Å²) in [5, 5.41) is 2.95. The zero-order valence-corrected chi connectivity index (χ0v) is 9.78. The first-order valence-corrected chi connectivity index (χ1v) is 6.43. The smallest absolute Gasteiger partial charge is 0.249 e. The quantitative estimate of drug-likeness (QED) is 0.658. The highest BCUT2D eigenvalue weighted by Gasteiger charge is 2.29. The van der Waals surface area contributed by atoms with Gasteiger partial charge in [-0.15, -0.1) is 0 Å². The maximum atomic E-state index is 11.7. The molecule has 2 atom stereocenters. The van der Waals surface area contributed by atoms with Gasteiger partial charge in [-0.1, -0.05) is 12.8 Å². The van der Waals surface area contributed by atoms with Crippen molar-refractivity contribution in [3.63, 3.8) is 0 Å². The van der Waals surface area contributed by atoms with Gasteiger partial charge in [-0.2, -0.15) is 0 Å². The molecule has 16 heavy (non-hydrogen) atoms. The minimum absolute atomic E-state index is 0.0479. The van der Waals surface area contributed by atoms with Gasteiger partial charge in [-0.25, -0.2) is 0 Å². The Balaban J connectivity index is 1.56. The van der Waals surface area contributed by atoms with Crippen LogP contribution in [0.25, 0.3) is 0 Å². The van der Waals surface area contributed by atoms with Gasteiger partial charge in [-0.3, -0.25) is 4.79 Å². The number of carbonyl (C=O) groups is 1. The predicted octanol–water partition coefficient (Wildman–Crippen LogP) is 0.799. The van der Waals surface area contributed by atoms with E-state index in [0.717, 1.165) is 31.7 Å². The van der Waals surface area contributed by atoms with E-state index in [1.165, 1.54) is 19.3 Å². The van der Waals surface area contributed by atoms with Crippen LogP contribution in [0.4, 0.5) is 0 Å². The molecular weight excluding hydrogens is 204 g/mol. The van der Waals surface area contributed by atoms with Crippen molar-refractivity contribution in [2.75, 3.05) is 13.1 Å². The Morgan fingerprint density at radius 3 is 2.75 bits per heavy atom. The molecule has 1 aliphatic carbocycles. The summed E-state index contributed by atoms with van der Waals surface area (Å²) in [6.45, 7) is 1.31. The minimum Gasteiger partial charge on any atom is -0.364 e. The molecule has 1 saturated carbocycles. The van der Waals surface area contributed by atoms with Gasteiger partial charge in [0.1, 0.15) is 6.10 Å². The van der Waals surface area contributed by atoms with Gasteiger partial charge in [0.25, 0.3) is 0 Å². The summed E-state index contributed by atoms with van der Waals surface area (Å²) in [6.07, 6.45) is 6.69. The van der Waals surface area contributed by atoms with Gasteiger partial charge in [0.05, 0.1) is 6.10 Å². The number of nitrogens with two attached hydrogens (primary N) is 1. The van der Waals surface area contributed by atoms with Crippen molar-refractivity contribution < 1.29 is 9.53 Å². The topological polar surface area (TPSA) is 64.4 Å². The summed E-state index contributed by atoms with van der Waals surface area (Å²) in [5.41, 5.74) is 5.50. The van der Waals surface area contributed by atoms with Crippen molar-refractivity contribution in [1.29, 1.82) is 0 Å². The summed E-state index contributed by atoms with van der Waals surface area (Å²) in [6, 6.07) is 0. The average Bonchev–Trinajstić information content (AvgIpc) is 2.99. The first-order chi connectivity index (χ1) is 7.79. The van der Waals surface area contributed by atoms with Crippen LogP contribution in [0.15, 0.2) is 0 Å². The van der Waals surface area contributed by atoms with Gasteiger partial charge in [0.15, 0.2) is 0 Å². The van der Waals surface area contributed by atoms with Gasteiger partial charge in [-0.05, 0) is 31.6 Å². The Kier molecular flexibility index (Phi) is 4.18. The highest BCUT2D eigenvalue weighted by molar-refractivity contribution is 5.80. The van der Waals surface area contributed by atoms with E-state index in [9.17, 15) is 4.79 Å². The summed E-state index contributed by atoms with van der Waals surface area (Å²) in [4.78, 5) is 11.7. The van der Waals surface area contributed by atoms with Crippen LogP contribution in [0.1, 0.15) is 38.5 Å². The maximum absolute atomic E-state index is 11.7. The molecule has 2 unspecified atom stereocenters. The molecule has 0 aromatic rings. The SMILES string of the molecule is NCC1CCC(C(=O)NCCCC2CC2)O1. The fraction of sp³-hybridized carbons (Fsp3) is 0.917. The third-order valence-corrected chi connectivity index (χ3v) is 3.45. The molecule has 92 valence electrons. The summed E-state index contributed by atoms with van der Waals surface area (Å²) in [5.74, 6) is 0.994. The fourth-order valence-corrected chi connectivity index (χ4v) is 2.19. The lowest BCUT2D eigenvalue weighted by atomic mass is 10.2. The zero-order chi connectivity index (χ0) is 11.4. The third kappa shape index (κ3) is 3.46. The van der Waals surface area contributed by atoms with Crippen LogP contribution in [0, 0.1) is 5.92 Å². The third-order valence-electron chi connectivity index (χ3n) is 3.45. The fourth-order valence-electron chi connectivity index (χ4n) is 2.19. The molecular formula is C12H22N2O2. The molecule has 4 heteroatoms. The van der Waals surface area contributed by atoms with E-state index in [-0.39, 0.29) is 18.1 Å². The Labute approximate surface area is 96.9 Å². The van der Waals surface area contributed by atoms with Crippen LogP contribution in [-0.4, -0.2) is 31.2 Å². The Hall–Kier alpha value is -0.610. The number of amides is 1. The highest BCUT2D eigenvalue weighted by atomic mass is 16.5. The number of nitrogens with one attached hydrogen (secondary N) is 1. The predicted molar refractivity (Wildman–Crippen MR) is 61.9 cm³/mol. The van der Waals surface area contributed by atoms with Crippen molar-refractivity contribution >= 4 is 5.91 Å². The summed E-state index contributed by atoms with van der Waals surface area (Å²) in [7, 11) is 0. The molecule has 1 amide bonds. The van der Waals surface area contributed by atoms with E-state index >= 15 is 0 Å². The Bertz CT molecular complexity index is 241. The van der Waals surface area contributed by atoms with Crippen molar-refractivity contribution in [2.45, 2.75) is 50.7 Å². The first-order valence-electron chi connectivity index (χ1n) is 6.43. The van der Waals surface area contributed by atoms with E-state index in [2.05, 4.69) is 5.32 Å². The normalized spacial score (nSPS) is 29.3. The largest absolute Gasteiger partial charge is 0.364 e. The number of rotatable bonds is 6. The monoisotopic (exact) mass is 226 g/mol. The van der Waals surface area contributed by atoms with Crippen molar-refractivity contribution in [1.82, 2.24) is 5.32 Å². The number of hydrogen-bond donors (Lipinski definition) is 2.